The smallest absolute Gasteiger partial charge is 0.338 e. The number of amides is 1. The Morgan fingerprint density at radius 3 is 2.33 bits per heavy atom. The molecule has 0 saturated carbocycles. The molecule has 0 unspecified atom stereocenters. The minimum Gasteiger partial charge on any atom is -0.338 e. The molecule has 2 rings (SSSR count). The van der Waals surface area contributed by atoms with Crippen molar-refractivity contribution < 1.29 is 18.0 Å². The summed E-state index contributed by atoms with van der Waals surface area (Å²) in [6, 6.07) is 0.234. The van der Waals surface area contributed by atoms with Gasteiger partial charge in [-0.15, -0.1) is 0 Å². The van der Waals surface area contributed by atoms with Crippen LogP contribution in [0.2, 0.25) is 0 Å². The number of aromatic nitrogens is 2. The maximum Gasteiger partial charge on any atom is 0.435 e. The van der Waals surface area contributed by atoms with Crippen molar-refractivity contribution in [3.8, 4) is 0 Å². The molecule has 1 atom stereocenters. The van der Waals surface area contributed by atoms with Crippen LogP contribution in [0.5, 0.6) is 0 Å². The molecule has 5 nitrogen and oxygen atoms in total. The van der Waals surface area contributed by atoms with E-state index in [1.807, 2.05) is 7.05 Å². The summed E-state index contributed by atoms with van der Waals surface area (Å²) >= 11 is 0. The Morgan fingerprint density at radius 1 is 1.29 bits per heavy atom. The fourth-order valence-electron chi connectivity index (χ4n) is 2.41. The Hall–Kier alpha value is -1.57. The van der Waals surface area contributed by atoms with E-state index in [1.165, 1.54) is 6.92 Å². The number of carbonyl (C=O) groups excluding carboxylic acids is 1. The molecule has 1 aliphatic rings. The Balaban J connectivity index is 2.14. The summed E-state index contributed by atoms with van der Waals surface area (Å²) in [7, 11) is 1.97. The molecule has 0 spiro atoms. The Morgan fingerprint density at radius 2 is 1.86 bits per heavy atom. The molecule has 0 radical (unpaired) electrons. The molecule has 8 heteroatoms. The zero-order valence-corrected chi connectivity index (χ0v) is 12.3. The van der Waals surface area contributed by atoms with Gasteiger partial charge in [-0.2, -0.15) is 18.3 Å². The molecule has 1 saturated heterocycles. The largest absolute Gasteiger partial charge is 0.435 e. The number of likely N-dealkylation sites (N-methyl/N-ethyl adjacent to an activating group) is 1. The highest BCUT2D eigenvalue weighted by molar-refractivity contribution is 5.80. The number of rotatable bonds is 2. The maximum absolute atomic E-state index is 12.7. The van der Waals surface area contributed by atoms with Crippen LogP contribution >= 0.6 is 0 Å². The third-order valence-corrected chi connectivity index (χ3v) is 3.75. The number of carbonyl (C=O) groups is 1. The first kappa shape index (κ1) is 15.8. The molecule has 0 aromatic carbocycles. The number of halogens is 3. The van der Waals surface area contributed by atoms with E-state index in [2.05, 4.69) is 10.00 Å². The highest BCUT2D eigenvalue weighted by Crippen LogP contribution is 2.29. The summed E-state index contributed by atoms with van der Waals surface area (Å²) in [5, 5.41) is 3.55. The van der Waals surface area contributed by atoms with E-state index in [-0.39, 0.29) is 5.91 Å². The van der Waals surface area contributed by atoms with Crippen LogP contribution in [0, 0.1) is 6.92 Å². The maximum atomic E-state index is 12.7. The van der Waals surface area contributed by atoms with Gasteiger partial charge in [0.25, 0.3) is 0 Å². The molecule has 2 heterocycles. The van der Waals surface area contributed by atoms with Crippen LogP contribution in [-0.4, -0.2) is 58.7 Å². The molecule has 1 aromatic rings. The van der Waals surface area contributed by atoms with Gasteiger partial charge in [-0.3, -0.25) is 9.48 Å². The topological polar surface area (TPSA) is 41.4 Å². The van der Waals surface area contributed by atoms with Crippen molar-refractivity contribution >= 4 is 5.91 Å². The van der Waals surface area contributed by atoms with Gasteiger partial charge >= 0.3 is 6.18 Å². The summed E-state index contributed by atoms with van der Waals surface area (Å²) in [6.45, 7) is 5.82. The monoisotopic (exact) mass is 304 g/mol. The third kappa shape index (κ3) is 3.37. The average Bonchev–Trinajstić information content (AvgIpc) is 2.80. The predicted molar refractivity (Wildman–Crippen MR) is 70.8 cm³/mol. The molecular formula is C13H19F3N4O. The quantitative estimate of drug-likeness (QED) is 0.832. The molecule has 0 N–H and O–H groups in total. The predicted octanol–water partition coefficient (Wildman–Crippen LogP) is 1.55. The van der Waals surface area contributed by atoms with Crippen molar-refractivity contribution in [3.05, 3.63) is 17.5 Å². The molecule has 1 aliphatic heterocycles. The summed E-state index contributed by atoms with van der Waals surface area (Å²) < 4.78 is 39.2. The summed E-state index contributed by atoms with van der Waals surface area (Å²) in [5.74, 6) is -0.192. The van der Waals surface area contributed by atoms with E-state index >= 15 is 0 Å². The van der Waals surface area contributed by atoms with Gasteiger partial charge in [0.1, 0.15) is 6.04 Å². The third-order valence-electron chi connectivity index (χ3n) is 3.75. The van der Waals surface area contributed by atoms with Gasteiger partial charge in [0, 0.05) is 31.9 Å². The number of hydrogen-bond acceptors (Lipinski definition) is 3. The number of aryl methyl sites for hydroxylation is 1. The van der Waals surface area contributed by atoms with Crippen LogP contribution in [0.25, 0.3) is 0 Å². The van der Waals surface area contributed by atoms with Crippen molar-refractivity contribution in [3.63, 3.8) is 0 Å². The number of piperazine rings is 1. The molecule has 21 heavy (non-hydrogen) atoms. The van der Waals surface area contributed by atoms with Gasteiger partial charge in [0.05, 0.1) is 0 Å². The molecule has 0 aliphatic carbocycles. The zero-order valence-electron chi connectivity index (χ0n) is 12.3. The minimum absolute atomic E-state index is 0.192. The average molecular weight is 304 g/mol. The van der Waals surface area contributed by atoms with E-state index in [0.717, 1.165) is 23.8 Å². The van der Waals surface area contributed by atoms with Gasteiger partial charge in [0.15, 0.2) is 5.69 Å². The lowest BCUT2D eigenvalue weighted by Gasteiger charge is -2.34. The van der Waals surface area contributed by atoms with Gasteiger partial charge in [-0.1, -0.05) is 0 Å². The number of nitrogens with zero attached hydrogens (tertiary/aromatic N) is 4. The van der Waals surface area contributed by atoms with Crippen LogP contribution in [0.15, 0.2) is 6.07 Å². The van der Waals surface area contributed by atoms with Gasteiger partial charge in [-0.25, -0.2) is 0 Å². The lowest BCUT2D eigenvalue weighted by atomic mass is 10.2. The first-order valence-electron chi connectivity index (χ1n) is 6.81. The second-order valence-corrected chi connectivity index (χ2v) is 5.42. The van der Waals surface area contributed by atoms with E-state index in [9.17, 15) is 18.0 Å². The molecule has 0 bridgehead atoms. The van der Waals surface area contributed by atoms with Crippen LogP contribution in [0.1, 0.15) is 24.4 Å². The van der Waals surface area contributed by atoms with Gasteiger partial charge in [0.2, 0.25) is 5.91 Å². The molecule has 118 valence electrons. The first-order chi connectivity index (χ1) is 9.70. The molecule has 1 amide bonds. The van der Waals surface area contributed by atoms with Gasteiger partial charge in [-0.05, 0) is 27.0 Å². The van der Waals surface area contributed by atoms with E-state index < -0.39 is 17.9 Å². The second kappa shape index (κ2) is 5.67. The van der Waals surface area contributed by atoms with Gasteiger partial charge < -0.3 is 9.80 Å². The highest BCUT2D eigenvalue weighted by atomic mass is 19.4. The highest BCUT2D eigenvalue weighted by Gasteiger charge is 2.36. The zero-order chi connectivity index (χ0) is 15.8. The van der Waals surface area contributed by atoms with E-state index in [0.29, 0.717) is 18.8 Å². The van der Waals surface area contributed by atoms with Crippen molar-refractivity contribution in [1.82, 2.24) is 19.6 Å². The number of alkyl halides is 3. The van der Waals surface area contributed by atoms with Crippen LogP contribution in [0.3, 0.4) is 0 Å². The summed E-state index contributed by atoms with van der Waals surface area (Å²) in [6.07, 6.45) is -4.49. The lowest BCUT2D eigenvalue weighted by molar-refractivity contribution is -0.142. The Kier molecular flexibility index (Phi) is 4.27. The Bertz CT molecular complexity index is 518. The van der Waals surface area contributed by atoms with Crippen molar-refractivity contribution in [2.24, 2.45) is 0 Å². The fraction of sp³-hybridized carbons (Fsp3) is 0.692. The van der Waals surface area contributed by atoms with E-state index in [4.69, 9.17) is 0 Å². The van der Waals surface area contributed by atoms with Crippen molar-refractivity contribution in [1.29, 1.82) is 0 Å². The normalized spacial score (nSPS) is 18.9. The lowest BCUT2D eigenvalue weighted by Crippen LogP contribution is -2.49. The van der Waals surface area contributed by atoms with Crippen LogP contribution in [0.4, 0.5) is 13.2 Å². The second-order valence-electron chi connectivity index (χ2n) is 5.42. The van der Waals surface area contributed by atoms with Crippen molar-refractivity contribution in [2.45, 2.75) is 26.1 Å². The standard InChI is InChI=1S/C13H19F3N4O/c1-9-8-11(13(14,15)16)17-20(9)10(2)12(21)19-6-4-18(3)5-7-19/h8,10H,4-7H2,1-3H3/t10-/m0/s1. The Labute approximate surface area is 121 Å². The van der Waals surface area contributed by atoms with Crippen molar-refractivity contribution in [2.75, 3.05) is 33.2 Å². The summed E-state index contributed by atoms with van der Waals surface area (Å²) in [4.78, 5) is 16.2. The molecule has 1 aromatic heterocycles. The molecular weight excluding hydrogens is 285 g/mol. The first-order valence-corrected chi connectivity index (χ1v) is 6.81. The van der Waals surface area contributed by atoms with Crippen LogP contribution in [-0.2, 0) is 11.0 Å². The SMILES string of the molecule is Cc1cc(C(F)(F)F)nn1[C@@H](C)C(=O)N1CCN(C)CC1. The number of hydrogen-bond donors (Lipinski definition) is 0. The van der Waals surface area contributed by atoms with E-state index in [1.54, 1.807) is 11.8 Å². The summed E-state index contributed by atoms with van der Waals surface area (Å²) in [5.41, 5.74) is -0.629. The van der Waals surface area contributed by atoms with Crippen LogP contribution < -0.4 is 0 Å². The molecule has 1 fully saturated rings. The minimum atomic E-state index is -4.49. The fourth-order valence-corrected chi connectivity index (χ4v) is 2.41.